The van der Waals surface area contributed by atoms with Crippen molar-refractivity contribution in [1.29, 1.82) is 0 Å². The molecule has 5 heteroatoms. The van der Waals surface area contributed by atoms with Crippen molar-refractivity contribution < 1.29 is 18.0 Å². The minimum absolute atomic E-state index is 0.0549. The molecule has 0 spiro atoms. The number of rotatable bonds is 3. The van der Waals surface area contributed by atoms with E-state index < -0.39 is 23.2 Å². The highest BCUT2D eigenvalue weighted by atomic mass is 79.9. The minimum atomic E-state index is -1.08. The molecular weight excluding hydrogens is 321 g/mol. The number of hydrogen-bond acceptors (Lipinski definition) is 1. The first-order valence-corrected chi connectivity index (χ1v) is 6.18. The second-order valence-electron chi connectivity index (χ2n) is 4.01. The standard InChI is InChI=1S/C14H8BrF3O/c15-10-3-8(4-11(16)7-10)5-14(19)9-1-2-12(17)13(18)6-9/h1-4,6-7H,5H2. The monoisotopic (exact) mass is 328 g/mol. The van der Waals surface area contributed by atoms with E-state index in [2.05, 4.69) is 15.9 Å². The molecule has 0 saturated carbocycles. The molecular formula is C14H8BrF3O. The van der Waals surface area contributed by atoms with Crippen LogP contribution in [-0.2, 0) is 6.42 Å². The summed E-state index contributed by atoms with van der Waals surface area (Å²) in [4.78, 5) is 11.9. The molecule has 0 heterocycles. The number of carbonyl (C=O) groups is 1. The molecule has 0 bridgehead atoms. The predicted octanol–water partition coefficient (Wildman–Crippen LogP) is 4.29. The minimum Gasteiger partial charge on any atom is -0.294 e. The van der Waals surface area contributed by atoms with Crippen molar-refractivity contribution in [2.45, 2.75) is 6.42 Å². The van der Waals surface area contributed by atoms with Crippen LogP contribution in [0.4, 0.5) is 13.2 Å². The fourth-order valence-corrected chi connectivity index (χ4v) is 2.18. The molecule has 0 amide bonds. The molecule has 1 nitrogen and oxygen atoms in total. The number of Topliss-reactive ketones (excluding diaryl/α,β-unsaturated/α-hetero) is 1. The van der Waals surface area contributed by atoms with Crippen molar-refractivity contribution in [2.75, 3.05) is 0 Å². The Morgan fingerprint density at radius 2 is 1.74 bits per heavy atom. The highest BCUT2D eigenvalue weighted by Gasteiger charge is 2.11. The van der Waals surface area contributed by atoms with Gasteiger partial charge in [-0.3, -0.25) is 4.79 Å². The number of ketones is 1. The Hall–Kier alpha value is -1.62. The van der Waals surface area contributed by atoms with E-state index in [1.54, 1.807) is 6.07 Å². The Morgan fingerprint density at radius 3 is 2.37 bits per heavy atom. The number of benzene rings is 2. The summed E-state index contributed by atoms with van der Waals surface area (Å²) in [6.07, 6.45) is -0.0819. The molecule has 0 aliphatic rings. The van der Waals surface area contributed by atoms with Gasteiger partial charge in [0.05, 0.1) is 0 Å². The van der Waals surface area contributed by atoms with Gasteiger partial charge in [0.2, 0.25) is 0 Å². The molecule has 0 N–H and O–H groups in total. The van der Waals surface area contributed by atoms with Gasteiger partial charge in [0.25, 0.3) is 0 Å². The van der Waals surface area contributed by atoms with Gasteiger partial charge in [-0.15, -0.1) is 0 Å². The zero-order valence-electron chi connectivity index (χ0n) is 9.59. The number of hydrogen-bond donors (Lipinski definition) is 0. The van der Waals surface area contributed by atoms with Crippen LogP contribution in [0.15, 0.2) is 40.9 Å². The largest absolute Gasteiger partial charge is 0.294 e. The first-order valence-electron chi connectivity index (χ1n) is 5.39. The first kappa shape index (κ1) is 13.8. The maximum Gasteiger partial charge on any atom is 0.167 e. The quantitative estimate of drug-likeness (QED) is 0.768. The molecule has 0 fully saturated rings. The van der Waals surface area contributed by atoms with E-state index in [4.69, 9.17) is 0 Å². The van der Waals surface area contributed by atoms with Gasteiger partial charge in [-0.25, -0.2) is 13.2 Å². The van der Waals surface area contributed by atoms with Crippen molar-refractivity contribution in [1.82, 2.24) is 0 Å². The van der Waals surface area contributed by atoms with Crippen LogP contribution in [0, 0.1) is 17.5 Å². The zero-order chi connectivity index (χ0) is 14.0. The SMILES string of the molecule is O=C(Cc1cc(F)cc(Br)c1)c1ccc(F)c(F)c1. The topological polar surface area (TPSA) is 17.1 Å². The molecule has 0 aliphatic carbocycles. The number of halogens is 4. The van der Waals surface area contributed by atoms with Gasteiger partial charge in [-0.2, -0.15) is 0 Å². The third kappa shape index (κ3) is 3.44. The van der Waals surface area contributed by atoms with Crippen molar-refractivity contribution in [3.05, 3.63) is 69.4 Å². The lowest BCUT2D eigenvalue weighted by atomic mass is 10.0. The molecule has 0 aromatic heterocycles. The fraction of sp³-hybridized carbons (Fsp3) is 0.0714. The molecule has 0 atom stereocenters. The van der Waals surface area contributed by atoms with Gasteiger partial charge in [0, 0.05) is 16.5 Å². The smallest absolute Gasteiger partial charge is 0.167 e. The summed E-state index contributed by atoms with van der Waals surface area (Å²) in [6.45, 7) is 0. The fourth-order valence-electron chi connectivity index (χ4n) is 1.67. The molecule has 0 unspecified atom stereocenters. The Balaban J connectivity index is 2.22. The van der Waals surface area contributed by atoms with Gasteiger partial charge < -0.3 is 0 Å². The molecule has 2 rings (SSSR count). The van der Waals surface area contributed by atoms with Crippen LogP contribution in [0.3, 0.4) is 0 Å². The van der Waals surface area contributed by atoms with Crippen molar-refractivity contribution in [2.24, 2.45) is 0 Å². The normalized spacial score (nSPS) is 10.5. The maximum absolute atomic E-state index is 13.1. The molecule has 98 valence electrons. The van der Waals surface area contributed by atoms with Crippen LogP contribution in [0.1, 0.15) is 15.9 Å². The first-order chi connectivity index (χ1) is 8.95. The Kier molecular flexibility index (Phi) is 4.04. The van der Waals surface area contributed by atoms with E-state index in [1.807, 2.05) is 0 Å². The Bertz CT molecular complexity index is 620. The van der Waals surface area contributed by atoms with Crippen LogP contribution in [0.25, 0.3) is 0 Å². The molecule has 0 aliphatic heterocycles. The summed E-state index contributed by atoms with van der Waals surface area (Å²) in [7, 11) is 0. The van der Waals surface area contributed by atoms with Crippen molar-refractivity contribution >= 4 is 21.7 Å². The molecule has 0 saturated heterocycles. The van der Waals surface area contributed by atoms with Crippen LogP contribution in [-0.4, -0.2) is 5.78 Å². The summed E-state index contributed by atoms with van der Waals surface area (Å²) in [6, 6.07) is 7.03. The van der Waals surface area contributed by atoms with E-state index in [0.717, 1.165) is 12.1 Å². The lowest BCUT2D eigenvalue weighted by Crippen LogP contribution is -2.05. The lowest BCUT2D eigenvalue weighted by Gasteiger charge is -2.03. The highest BCUT2D eigenvalue weighted by molar-refractivity contribution is 9.10. The highest BCUT2D eigenvalue weighted by Crippen LogP contribution is 2.17. The van der Waals surface area contributed by atoms with E-state index in [1.165, 1.54) is 18.2 Å². The molecule has 2 aromatic rings. The van der Waals surface area contributed by atoms with Gasteiger partial charge in [-0.05, 0) is 42.0 Å². The zero-order valence-corrected chi connectivity index (χ0v) is 11.2. The summed E-state index contributed by atoms with van der Waals surface area (Å²) in [5.41, 5.74) is 0.515. The summed E-state index contributed by atoms with van der Waals surface area (Å²) < 4.78 is 39.4. The van der Waals surface area contributed by atoms with Gasteiger partial charge in [0.1, 0.15) is 5.82 Å². The van der Waals surface area contributed by atoms with E-state index in [0.29, 0.717) is 10.0 Å². The second-order valence-corrected chi connectivity index (χ2v) is 4.92. The van der Waals surface area contributed by atoms with Gasteiger partial charge in [-0.1, -0.05) is 15.9 Å². The summed E-state index contributed by atoms with van der Waals surface area (Å²) >= 11 is 3.12. The van der Waals surface area contributed by atoms with Crippen LogP contribution >= 0.6 is 15.9 Å². The third-order valence-corrected chi connectivity index (χ3v) is 2.99. The van der Waals surface area contributed by atoms with Crippen LogP contribution < -0.4 is 0 Å². The predicted molar refractivity (Wildman–Crippen MR) is 68.5 cm³/mol. The summed E-state index contributed by atoms with van der Waals surface area (Å²) in [5, 5.41) is 0. The van der Waals surface area contributed by atoms with Gasteiger partial charge in [0.15, 0.2) is 17.4 Å². The van der Waals surface area contributed by atoms with E-state index >= 15 is 0 Å². The van der Waals surface area contributed by atoms with E-state index in [9.17, 15) is 18.0 Å². The van der Waals surface area contributed by atoms with Crippen molar-refractivity contribution in [3.8, 4) is 0 Å². The maximum atomic E-state index is 13.1. The van der Waals surface area contributed by atoms with Crippen molar-refractivity contribution in [3.63, 3.8) is 0 Å². The molecule has 19 heavy (non-hydrogen) atoms. The Morgan fingerprint density at radius 1 is 1.00 bits per heavy atom. The van der Waals surface area contributed by atoms with Crippen LogP contribution in [0.5, 0.6) is 0 Å². The average molecular weight is 329 g/mol. The average Bonchev–Trinajstić information content (AvgIpc) is 2.31. The number of carbonyl (C=O) groups excluding carboxylic acids is 1. The summed E-state index contributed by atoms with van der Waals surface area (Å²) in [5.74, 6) is -2.96. The van der Waals surface area contributed by atoms with E-state index in [-0.39, 0.29) is 12.0 Å². The molecule has 0 radical (unpaired) electrons. The lowest BCUT2D eigenvalue weighted by molar-refractivity contribution is 0.0992. The second kappa shape index (κ2) is 5.57. The van der Waals surface area contributed by atoms with Crippen LogP contribution in [0.2, 0.25) is 0 Å². The molecule has 2 aromatic carbocycles. The Labute approximate surface area is 116 Å². The third-order valence-electron chi connectivity index (χ3n) is 2.53. The van der Waals surface area contributed by atoms with Gasteiger partial charge >= 0.3 is 0 Å².